The van der Waals surface area contributed by atoms with E-state index in [4.69, 9.17) is 4.43 Å². The molecule has 1 N–H and O–H groups in total. The maximum atomic E-state index is 9.89. The van der Waals surface area contributed by atoms with E-state index in [0.29, 0.717) is 12.1 Å². The van der Waals surface area contributed by atoms with Crippen molar-refractivity contribution in [2.75, 3.05) is 6.54 Å². The fourth-order valence-corrected chi connectivity index (χ4v) is 5.11. The zero-order chi connectivity index (χ0) is 24.1. The van der Waals surface area contributed by atoms with E-state index in [0.717, 1.165) is 24.3 Å². The molecule has 0 saturated heterocycles. The van der Waals surface area contributed by atoms with Crippen LogP contribution in [0, 0.1) is 0 Å². The summed E-state index contributed by atoms with van der Waals surface area (Å²) in [4.78, 5) is 2.56. The normalized spacial score (nSPS) is 13.8. The molecule has 0 aliphatic heterocycles. The number of aliphatic hydroxyl groups excluding tert-OH is 1. The van der Waals surface area contributed by atoms with E-state index in [-0.39, 0.29) is 17.6 Å². The van der Waals surface area contributed by atoms with Crippen LogP contribution in [0.5, 0.6) is 5.75 Å². The highest BCUT2D eigenvalue weighted by atomic mass is 28.4. The van der Waals surface area contributed by atoms with E-state index in [1.54, 1.807) is 0 Å². The highest BCUT2D eigenvalue weighted by Crippen LogP contribution is 2.41. The summed E-state index contributed by atoms with van der Waals surface area (Å²) >= 11 is 0. The minimum Gasteiger partial charge on any atom is -0.543 e. The van der Waals surface area contributed by atoms with Crippen molar-refractivity contribution in [1.82, 2.24) is 4.90 Å². The number of rotatable bonds is 10. The van der Waals surface area contributed by atoms with E-state index in [1.165, 1.54) is 11.1 Å². The molecular formula is C28H45NO2Si. The number of aliphatic hydroxyl groups is 1. The molecule has 2 aromatic carbocycles. The largest absolute Gasteiger partial charge is 0.543 e. The zero-order valence-corrected chi connectivity index (χ0v) is 22.8. The molecule has 0 saturated carbocycles. The maximum Gasteiger partial charge on any atom is 0.250 e. The van der Waals surface area contributed by atoms with Gasteiger partial charge in [-0.15, -0.1) is 0 Å². The van der Waals surface area contributed by atoms with Gasteiger partial charge in [-0.25, -0.2) is 0 Å². The van der Waals surface area contributed by atoms with Crippen LogP contribution in [0.1, 0.15) is 77.5 Å². The monoisotopic (exact) mass is 455 g/mol. The van der Waals surface area contributed by atoms with Gasteiger partial charge in [-0.3, -0.25) is 4.90 Å². The molecule has 0 unspecified atom stereocenters. The van der Waals surface area contributed by atoms with Gasteiger partial charge in [-0.1, -0.05) is 57.2 Å². The summed E-state index contributed by atoms with van der Waals surface area (Å²) in [6.07, 6.45) is 1.00. The van der Waals surface area contributed by atoms with E-state index in [9.17, 15) is 5.11 Å². The summed E-state index contributed by atoms with van der Waals surface area (Å²) in [6, 6.07) is 18.0. The van der Waals surface area contributed by atoms with Crippen molar-refractivity contribution < 1.29 is 9.53 Å². The minimum atomic E-state index is -2.00. The Labute approximate surface area is 197 Å². The summed E-state index contributed by atoms with van der Waals surface area (Å²) in [5.74, 6) is 1.19. The van der Waals surface area contributed by atoms with Crippen LogP contribution in [0.25, 0.3) is 0 Å². The zero-order valence-electron chi connectivity index (χ0n) is 21.8. The summed E-state index contributed by atoms with van der Waals surface area (Å²) in [6.45, 7) is 21.6. The molecule has 4 heteroatoms. The Hall–Kier alpha value is -1.62. The molecular weight excluding hydrogens is 410 g/mol. The molecule has 0 spiro atoms. The fraction of sp³-hybridized carbons (Fsp3) is 0.571. The number of hydrogen-bond acceptors (Lipinski definition) is 3. The van der Waals surface area contributed by atoms with Gasteiger partial charge < -0.3 is 9.53 Å². The fourth-order valence-electron chi connectivity index (χ4n) is 4.07. The van der Waals surface area contributed by atoms with Gasteiger partial charge >= 0.3 is 0 Å². The third-order valence-electron chi connectivity index (χ3n) is 7.01. The molecule has 2 rings (SSSR count). The third-order valence-corrected chi connectivity index (χ3v) is 11.4. The number of benzene rings is 2. The lowest BCUT2D eigenvalue weighted by Crippen LogP contribution is -2.44. The van der Waals surface area contributed by atoms with Crippen LogP contribution in [0.3, 0.4) is 0 Å². The Morgan fingerprint density at radius 1 is 0.938 bits per heavy atom. The SMILES string of the molecule is CC(C)N(CC[C@H](c1ccccc1)c1cc(CO)ccc1O[Si](C)(C)C(C)(C)C)C(C)C. The van der Waals surface area contributed by atoms with Gasteiger partial charge in [0.15, 0.2) is 0 Å². The standard InChI is InChI=1S/C28H45NO2Si/c1-21(2)29(22(3)4)18-17-25(24-13-11-10-12-14-24)26-19-23(20-30)15-16-27(26)31-32(8,9)28(5,6)7/h10-16,19,21-22,25,30H,17-18,20H2,1-9H3/t25-/m1/s1. The van der Waals surface area contributed by atoms with Crippen molar-refractivity contribution in [3.8, 4) is 5.75 Å². The summed E-state index contributed by atoms with van der Waals surface area (Å²) in [5, 5.41) is 10.0. The lowest BCUT2D eigenvalue weighted by molar-refractivity contribution is 0.170. The Kier molecular flexibility index (Phi) is 9.15. The quantitative estimate of drug-likeness (QED) is 0.384. The van der Waals surface area contributed by atoms with E-state index in [2.05, 4.69) is 109 Å². The van der Waals surface area contributed by atoms with Crippen molar-refractivity contribution in [1.29, 1.82) is 0 Å². The average molecular weight is 456 g/mol. The molecule has 0 heterocycles. The molecule has 0 amide bonds. The van der Waals surface area contributed by atoms with E-state index in [1.807, 2.05) is 6.07 Å². The highest BCUT2D eigenvalue weighted by Gasteiger charge is 2.39. The molecule has 1 atom stereocenters. The van der Waals surface area contributed by atoms with Crippen molar-refractivity contribution in [3.63, 3.8) is 0 Å². The van der Waals surface area contributed by atoms with Crippen LogP contribution in [0.4, 0.5) is 0 Å². The molecule has 0 bridgehead atoms. The van der Waals surface area contributed by atoms with Gasteiger partial charge in [-0.2, -0.15) is 0 Å². The van der Waals surface area contributed by atoms with Crippen molar-refractivity contribution in [3.05, 3.63) is 65.2 Å². The number of hydrogen-bond donors (Lipinski definition) is 1. The number of nitrogens with zero attached hydrogens (tertiary/aromatic N) is 1. The molecule has 0 aliphatic carbocycles. The summed E-state index contributed by atoms with van der Waals surface area (Å²) in [5.41, 5.74) is 3.43. The molecule has 178 valence electrons. The second-order valence-electron chi connectivity index (χ2n) is 11.1. The minimum absolute atomic E-state index is 0.0407. The topological polar surface area (TPSA) is 32.7 Å². The van der Waals surface area contributed by atoms with Crippen LogP contribution in [0.2, 0.25) is 18.1 Å². The first-order chi connectivity index (χ1) is 14.9. The van der Waals surface area contributed by atoms with Crippen molar-refractivity contribution in [2.24, 2.45) is 0 Å². The average Bonchev–Trinajstić information content (AvgIpc) is 2.71. The predicted molar refractivity (Wildman–Crippen MR) is 140 cm³/mol. The van der Waals surface area contributed by atoms with Gasteiger partial charge in [0.2, 0.25) is 8.32 Å². The van der Waals surface area contributed by atoms with Gasteiger partial charge in [0.25, 0.3) is 0 Å². The summed E-state index contributed by atoms with van der Waals surface area (Å²) in [7, 11) is -2.00. The second-order valence-corrected chi connectivity index (χ2v) is 15.8. The Bertz CT molecular complexity index is 832. The Morgan fingerprint density at radius 2 is 1.53 bits per heavy atom. The highest BCUT2D eigenvalue weighted by molar-refractivity contribution is 6.74. The Balaban J connectivity index is 2.54. The molecule has 0 aliphatic rings. The maximum absolute atomic E-state index is 9.89. The smallest absolute Gasteiger partial charge is 0.250 e. The van der Waals surface area contributed by atoms with Gasteiger partial charge in [0, 0.05) is 23.6 Å². The van der Waals surface area contributed by atoms with Crippen LogP contribution in [0.15, 0.2) is 48.5 Å². The lowest BCUT2D eigenvalue weighted by Gasteiger charge is -2.38. The van der Waals surface area contributed by atoms with Gasteiger partial charge in [-0.05, 0) is 82.1 Å². The van der Waals surface area contributed by atoms with Crippen molar-refractivity contribution >= 4 is 8.32 Å². The first-order valence-electron chi connectivity index (χ1n) is 12.1. The van der Waals surface area contributed by atoms with Crippen LogP contribution in [-0.2, 0) is 6.61 Å². The molecule has 0 fully saturated rings. The molecule has 3 nitrogen and oxygen atoms in total. The van der Waals surface area contributed by atoms with Crippen LogP contribution in [-0.4, -0.2) is 37.0 Å². The summed E-state index contributed by atoms with van der Waals surface area (Å²) < 4.78 is 6.84. The van der Waals surface area contributed by atoms with Crippen molar-refractivity contribution in [2.45, 2.75) is 97.6 Å². The van der Waals surface area contributed by atoms with Gasteiger partial charge in [0.05, 0.1) is 6.61 Å². The first-order valence-corrected chi connectivity index (χ1v) is 15.0. The Morgan fingerprint density at radius 3 is 2.03 bits per heavy atom. The first kappa shape index (κ1) is 26.6. The molecule has 2 aromatic rings. The molecule has 0 aromatic heterocycles. The van der Waals surface area contributed by atoms with Gasteiger partial charge in [0.1, 0.15) is 5.75 Å². The predicted octanol–water partition coefficient (Wildman–Crippen LogP) is 7.20. The molecule has 32 heavy (non-hydrogen) atoms. The van der Waals surface area contributed by atoms with E-state index < -0.39 is 8.32 Å². The lowest BCUT2D eigenvalue weighted by atomic mass is 9.86. The third kappa shape index (κ3) is 6.69. The van der Waals surface area contributed by atoms with Crippen LogP contribution < -0.4 is 4.43 Å². The molecule has 0 radical (unpaired) electrons. The second kappa shape index (κ2) is 11.0. The van der Waals surface area contributed by atoms with E-state index >= 15 is 0 Å². The van der Waals surface area contributed by atoms with Crippen LogP contribution >= 0.6 is 0 Å².